The van der Waals surface area contributed by atoms with Gasteiger partial charge in [0.2, 0.25) is 7.44 Å². The van der Waals surface area contributed by atoms with Gasteiger partial charge < -0.3 is 29.8 Å². The Balaban J connectivity index is 1.64. The molecule has 218 valence electrons. The third-order valence-corrected chi connectivity index (χ3v) is 7.75. The van der Waals surface area contributed by atoms with Crippen molar-refractivity contribution in [1.29, 1.82) is 0 Å². The number of aromatic nitrogens is 5. The molecule has 5 N–H and O–H groups in total. The molecule has 0 amide bonds. The van der Waals surface area contributed by atoms with Crippen molar-refractivity contribution < 1.29 is 38.2 Å². The number of nitrogens with one attached hydrogen (secondary N) is 2. The number of nitrogens with zero attached hydrogens (tertiary/aromatic N) is 5. The number of nitrogens with two attached hydrogens (primary N) is 1. The fraction of sp³-hybridized carbons (Fsp3) is 0.727. The van der Waals surface area contributed by atoms with Gasteiger partial charge in [-0.3, -0.25) is 14.2 Å². The van der Waals surface area contributed by atoms with Gasteiger partial charge in [0, 0.05) is 6.42 Å². The van der Waals surface area contributed by atoms with Crippen LogP contribution in [0.5, 0.6) is 0 Å². The number of anilines is 1. The number of carbonyl (C=O) groups excluding carboxylic acids is 2. The van der Waals surface area contributed by atoms with Crippen LogP contribution in [0.2, 0.25) is 0 Å². The highest BCUT2D eigenvalue weighted by Gasteiger charge is 2.39. The van der Waals surface area contributed by atoms with Gasteiger partial charge >= 0.3 is 11.9 Å². The molecule has 0 aliphatic carbocycles. The molecular formula is C22H37N8O8P. The number of nitrogen functional groups attached to an aromatic ring is 1. The zero-order valence-electron chi connectivity index (χ0n) is 22.3. The maximum Gasteiger partial charge on any atom is 0.323 e. The fourth-order valence-electron chi connectivity index (χ4n) is 3.59. The van der Waals surface area contributed by atoms with E-state index in [1.165, 1.54) is 17.9 Å². The molecule has 1 aliphatic rings. The lowest BCUT2D eigenvalue weighted by atomic mass is 10.2. The molecule has 3 heterocycles. The first kappa shape index (κ1) is 30.8. The number of aliphatic hydroxyl groups is 1. The second-order valence-electron chi connectivity index (χ2n) is 9.04. The van der Waals surface area contributed by atoms with Gasteiger partial charge in [-0.15, -0.1) is 5.10 Å². The summed E-state index contributed by atoms with van der Waals surface area (Å²) < 4.78 is 36.8. The van der Waals surface area contributed by atoms with Crippen LogP contribution in [0.4, 0.5) is 5.82 Å². The van der Waals surface area contributed by atoms with E-state index in [1.807, 2.05) is 13.8 Å². The van der Waals surface area contributed by atoms with Gasteiger partial charge in [-0.1, -0.05) is 31.9 Å². The minimum Gasteiger partial charge on any atom is -0.465 e. The smallest absolute Gasteiger partial charge is 0.323 e. The average molecular weight is 573 g/mol. The van der Waals surface area contributed by atoms with E-state index in [0.29, 0.717) is 12.8 Å². The van der Waals surface area contributed by atoms with Crippen LogP contribution >= 0.6 is 7.44 Å². The SMILES string of the molecule is CCCCOC(=O)CN[P@](=O)(CO[C@@H]1C[C@@H](O)[C@H](n2nnc3c(N)ncnc32)O1)N[C@@H](C)C(=O)OCCCC. The number of aliphatic hydroxyl groups excluding tert-OH is 1. The lowest BCUT2D eigenvalue weighted by Crippen LogP contribution is -2.40. The summed E-state index contributed by atoms with van der Waals surface area (Å²) in [6, 6.07) is -0.964. The topological polar surface area (TPSA) is 215 Å². The molecule has 1 fully saturated rings. The van der Waals surface area contributed by atoms with E-state index in [-0.39, 0.29) is 43.2 Å². The number of rotatable bonds is 16. The van der Waals surface area contributed by atoms with Crippen LogP contribution in [0.3, 0.4) is 0 Å². The molecule has 5 atom stereocenters. The molecule has 3 rings (SSSR count). The van der Waals surface area contributed by atoms with E-state index < -0.39 is 50.4 Å². The number of hydrogen-bond acceptors (Lipinski definition) is 13. The minimum absolute atomic E-state index is 0.0141. The minimum atomic E-state index is -3.72. The van der Waals surface area contributed by atoms with Gasteiger partial charge in [0.1, 0.15) is 31.4 Å². The second kappa shape index (κ2) is 14.6. The van der Waals surface area contributed by atoms with E-state index >= 15 is 0 Å². The normalized spacial score (nSPS) is 21.5. The number of hydrogen-bond donors (Lipinski definition) is 4. The Morgan fingerprint density at radius 3 is 2.69 bits per heavy atom. The van der Waals surface area contributed by atoms with Gasteiger partial charge in [0.25, 0.3) is 0 Å². The number of unbranched alkanes of at least 4 members (excludes halogenated alkanes) is 2. The molecule has 1 saturated heterocycles. The Bertz CT molecular complexity index is 1150. The molecule has 0 spiro atoms. The maximum absolute atomic E-state index is 13.7. The molecule has 0 saturated carbocycles. The van der Waals surface area contributed by atoms with Crippen molar-refractivity contribution >= 4 is 36.4 Å². The fourth-order valence-corrected chi connectivity index (χ4v) is 5.34. The predicted octanol–water partition coefficient (Wildman–Crippen LogP) is 0.831. The standard InChI is InChI=1S/C22H37N8O8P/c1-4-6-8-35-16(32)11-26-39(34,28-14(3)22(33)36-9-7-5-2)13-37-17-10-15(31)21(38-17)30-20-18(27-29-30)19(23)24-12-25-20/h12,14-15,17,21,31H,4-11,13H2,1-3H3,(H2,23,24,25)(H2,26,28,34)/t14-,15+,17-,21+,39+/m0/s1. The van der Waals surface area contributed by atoms with Crippen LogP contribution < -0.4 is 15.9 Å². The third-order valence-electron chi connectivity index (χ3n) is 5.76. The second-order valence-corrected chi connectivity index (χ2v) is 11.4. The van der Waals surface area contributed by atoms with Crippen LogP contribution in [-0.2, 0) is 33.1 Å². The van der Waals surface area contributed by atoms with Crippen molar-refractivity contribution in [2.45, 2.75) is 77.5 Å². The monoisotopic (exact) mass is 572 g/mol. The number of esters is 2. The largest absolute Gasteiger partial charge is 0.465 e. The first-order chi connectivity index (χ1) is 18.7. The molecular weight excluding hydrogens is 535 g/mol. The summed E-state index contributed by atoms with van der Waals surface area (Å²) in [5, 5.41) is 23.8. The summed E-state index contributed by atoms with van der Waals surface area (Å²) >= 11 is 0. The summed E-state index contributed by atoms with van der Waals surface area (Å²) in [6.45, 7) is 5.53. The van der Waals surface area contributed by atoms with Crippen molar-refractivity contribution in [2.24, 2.45) is 0 Å². The summed E-state index contributed by atoms with van der Waals surface area (Å²) in [5.74, 6) is -1.07. The van der Waals surface area contributed by atoms with Gasteiger partial charge in [-0.2, -0.15) is 4.68 Å². The maximum atomic E-state index is 13.7. The van der Waals surface area contributed by atoms with Crippen LogP contribution in [-0.4, -0.2) is 86.5 Å². The van der Waals surface area contributed by atoms with Crippen LogP contribution in [0.25, 0.3) is 11.2 Å². The molecule has 0 radical (unpaired) electrons. The Morgan fingerprint density at radius 2 is 1.97 bits per heavy atom. The summed E-state index contributed by atoms with van der Waals surface area (Å²) in [4.78, 5) is 32.4. The highest BCUT2D eigenvalue weighted by molar-refractivity contribution is 7.59. The third kappa shape index (κ3) is 8.62. The van der Waals surface area contributed by atoms with E-state index in [0.717, 1.165) is 12.8 Å². The zero-order chi connectivity index (χ0) is 28.4. The predicted molar refractivity (Wildman–Crippen MR) is 138 cm³/mol. The first-order valence-electron chi connectivity index (χ1n) is 12.9. The lowest BCUT2D eigenvalue weighted by Gasteiger charge is -2.25. The summed E-state index contributed by atoms with van der Waals surface area (Å²) in [5.41, 5.74) is 6.31. The Kier molecular flexibility index (Phi) is 11.5. The lowest BCUT2D eigenvalue weighted by molar-refractivity contribution is -0.147. The quantitative estimate of drug-likeness (QED) is 0.124. The van der Waals surface area contributed by atoms with Gasteiger partial charge in [-0.05, 0) is 19.8 Å². The van der Waals surface area contributed by atoms with Gasteiger partial charge in [-0.25, -0.2) is 20.1 Å². The molecule has 39 heavy (non-hydrogen) atoms. The Labute approximate surface area is 225 Å². The average Bonchev–Trinajstić information content (AvgIpc) is 3.50. The summed E-state index contributed by atoms with van der Waals surface area (Å²) in [7, 11) is -3.72. The number of carbonyl (C=O) groups is 2. The van der Waals surface area contributed by atoms with Crippen molar-refractivity contribution in [2.75, 3.05) is 31.8 Å². The molecule has 16 nitrogen and oxygen atoms in total. The van der Waals surface area contributed by atoms with Crippen LogP contribution in [0.1, 0.15) is 59.1 Å². The van der Waals surface area contributed by atoms with E-state index in [9.17, 15) is 19.3 Å². The van der Waals surface area contributed by atoms with Crippen molar-refractivity contribution in [3.05, 3.63) is 6.33 Å². The molecule has 2 aromatic heterocycles. The van der Waals surface area contributed by atoms with Gasteiger partial charge in [0.05, 0.1) is 13.2 Å². The van der Waals surface area contributed by atoms with Crippen LogP contribution in [0, 0.1) is 0 Å². The highest BCUT2D eigenvalue weighted by atomic mass is 31.2. The molecule has 0 unspecified atom stereocenters. The number of fused-ring (bicyclic) bond motifs is 1. The molecule has 17 heteroatoms. The molecule has 0 aromatic carbocycles. The van der Waals surface area contributed by atoms with E-state index in [4.69, 9.17) is 24.7 Å². The van der Waals surface area contributed by atoms with Gasteiger partial charge in [0.15, 0.2) is 29.5 Å². The highest BCUT2D eigenvalue weighted by Crippen LogP contribution is 2.39. The Hall–Kier alpha value is -2.75. The molecule has 0 bridgehead atoms. The Morgan fingerprint density at radius 1 is 1.26 bits per heavy atom. The van der Waals surface area contributed by atoms with Crippen molar-refractivity contribution in [3.63, 3.8) is 0 Å². The zero-order valence-corrected chi connectivity index (χ0v) is 23.2. The summed E-state index contributed by atoms with van der Waals surface area (Å²) in [6.07, 6.45) is 0.822. The van der Waals surface area contributed by atoms with E-state index in [1.54, 1.807) is 0 Å². The van der Waals surface area contributed by atoms with Crippen molar-refractivity contribution in [1.82, 2.24) is 35.1 Å². The molecule has 1 aliphatic heterocycles. The van der Waals surface area contributed by atoms with Crippen LogP contribution in [0.15, 0.2) is 6.33 Å². The van der Waals surface area contributed by atoms with E-state index in [2.05, 4.69) is 30.5 Å². The molecule has 2 aromatic rings. The van der Waals surface area contributed by atoms with Crippen molar-refractivity contribution in [3.8, 4) is 0 Å². The first-order valence-corrected chi connectivity index (χ1v) is 14.8. The number of ether oxygens (including phenoxy) is 4.